The molecule has 4 aliphatic rings. The number of benzene rings is 5. The van der Waals surface area contributed by atoms with Crippen LogP contribution in [0.3, 0.4) is 0 Å². The van der Waals surface area contributed by atoms with Crippen LogP contribution >= 0.6 is 34.2 Å². The molecule has 5 aromatic carbocycles. The first kappa shape index (κ1) is 38.2. The van der Waals surface area contributed by atoms with Gasteiger partial charge in [-0.2, -0.15) is 5.01 Å². The molecular weight excluding hydrogens is 902 g/mol. The maximum absolute atomic E-state index is 15.4. The molecule has 0 spiro atoms. The molecule has 0 radical (unpaired) electrons. The molecule has 6 unspecified atom stereocenters. The van der Waals surface area contributed by atoms with Crippen molar-refractivity contribution in [1.29, 1.82) is 0 Å². The monoisotopic (exact) mass is 934 g/mol. The van der Waals surface area contributed by atoms with E-state index in [4.69, 9.17) is 20.8 Å². The highest BCUT2D eigenvalue weighted by Crippen LogP contribution is 2.64. The number of anilines is 2. The number of aromatic hydroxyl groups is 1. The number of carbonyl (C=O) groups excluding carboxylic acids is 4. The standard InChI is InChI=1S/C46H33ClFIN4O7/c1-59-37-21-24(20-34(49)40(37)54)39-30-18-19-31-38(44(57)52(42(31)55)29-16-6-23(7-17-29)41-50-35-4-2-3-5-36(35)60-41)32(30)22-33-43(56)53(51-28-14-12-27(48)13-15-28)45(58)46(33,39)25-8-10-26(47)11-9-25/h2-18,20-21,31-33,38-39,51,54H,19,22H2,1H3. The fourth-order valence-corrected chi connectivity index (χ4v) is 10.7. The number of fused-ring (bicyclic) bond motifs is 5. The first-order valence-corrected chi connectivity index (χ1v) is 20.7. The molecule has 6 atom stereocenters. The van der Waals surface area contributed by atoms with Crippen LogP contribution in [-0.2, 0) is 24.6 Å². The largest absolute Gasteiger partial charge is 0.504 e. The lowest BCUT2D eigenvalue weighted by Gasteiger charge is -2.50. The minimum absolute atomic E-state index is 0.0636. The predicted molar refractivity (Wildman–Crippen MR) is 228 cm³/mol. The third-order valence-electron chi connectivity index (χ3n) is 12.5. The molecule has 2 N–H and O–H groups in total. The Morgan fingerprint density at radius 1 is 0.917 bits per heavy atom. The van der Waals surface area contributed by atoms with Gasteiger partial charge < -0.3 is 14.3 Å². The van der Waals surface area contributed by atoms with E-state index in [1.165, 1.54) is 36.3 Å². The van der Waals surface area contributed by atoms with E-state index in [1.807, 2.05) is 52.9 Å². The first-order chi connectivity index (χ1) is 29.0. The van der Waals surface area contributed by atoms with Gasteiger partial charge in [-0.1, -0.05) is 47.5 Å². The summed E-state index contributed by atoms with van der Waals surface area (Å²) in [6, 6.07) is 29.9. The zero-order valence-electron chi connectivity index (χ0n) is 31.6. The van der Waals surface area contributed by atoms with Gasteiger partial charge in [-0.3, -0.25) is 29.5 Å². The van der Waals surface area contributed by atoms with Gasteiger partial charge in [-0.05, 0) is 137 Å². The van der Waals surface area contributed by atoms with Gasteiger partial charge in [0.15, 0.2) is 17.1 Å². The van der Waals surface area contributed by atoms with Crippen LogP contribution in [0.25, 0.3) is 22.6 Å². The quantitative estimate of drug-likeness (QED) is 0.0913. The molecule has 1 saturated carbocycles. The van der Waals surface area contributed by atoms with Gasteiger partial charge in [0.25, 0.3) is 11.8 Å². The summed E-state index contributed by atoms with van der Waals surface area (Å²) in [4.78, 5) is 65.4. The number of hydrogen-bond acceptors (Lipinski definition) is 9. The van der Waals surface area contributed by atoms with Gasteiger partial charge in [-0.25, -0.2) is 9.37 Å². The van der Waals surface area contributed by atoms with E-state index in [0.29, 0.717) is 53.6 Å². The van der Waals surface area contributed by atoms with E-state index < -0.39 is 58.5 Å². The van der Waals surface area contributed by atoms with Crippen LogP contribution in [0.1, 0.15) is 29.9 Å². The molecule has 4 amide bonds. The molecule has 60 heavy (non-hydrogen) atoms. The Labute approximate surface area is 360 Å². The molecule has 2 aliphatic heterocycles. The summed E-state index contributed by atoms with van der Waals surface area (Å²) in [5.74, 6) is -6.01. The number of halogens is 3. The van der Waals surface area contributed by atoms with Crippen LogP contribution < -0.4 is 15.1 Å². The van der Waals surface area contributed by atoms with Crippen molar-refractivity contribution in [2.75, 3.05) is 17.4 Å². The molecule has 0 bridgehead atoms. The Bertz CT molecular complexity index is 2780. The Morgan fingerprint density at radius 3 is 2.37 bits per heavy atom. The number of imide groups is 2. The Hall–Kier alpha value is -6.06. The molecule has 11 nitrogen and oxygen atoms in total. The van der Waals surface area contributed by atoms with E-state index >= 15 is 4.79 Å². The predicted octanol–water partition coefficient (Wildman–Crippen LogP) is 8.80. The number of nitrogens with one attached hydrogen (secondary N) is 1. The molecule has 1 aromatic heterocycles. The fraction of sp³-hybridized carbons (Fsp3) is 0.196. The topological polar surface area (TPSA) is 142 Å². The zero-order chi connectivity index (χ0) is 41.6. The van der Waals surface area contributed by atoms with Gasteiger partial charge in [0.1, 0.15) is 11.3 Å². The van der Waals surface area contributed by atoms with E-state index in [9.17, 15) is 23.9 Å². The van der Waals surface area contributed by atoms with Crippen LogP contribution in [0.15, 0.2) is 125 Å². The molecule has 6 aromatic rings. The van der Waals surface area contributed by atoms with Crippen molar-refractivity contribution in [3.05, 3.63) is 146 Å². The molecule has 2 saturated heterocycles. The average molecular weight is 935 g/mol. The molecule has 3 heterocycles. The lowest BCUT2D eigenvalue weighted by Crippen LogP contribution is -2.53. The molecular formula is C46H33ClFIN4O7. The van der Waals surface area contributed by atoms with Crippen molar-refractivity contribution >= 4 is 80.3 Å². The Kier molecular flexibility index (Phi) is 9.09. The number of allylic oxidation sites excluding steroid dienone is 2. The second-order valence-corrected chi connectivity index (χ2v) is 17.1. The number of aromatic nitrogens is 1. The van der Waals surface area contributed by atoms with Gasteiger partial charge in [0, 0.05) is 16.5 Å². The number of rotatable bonds is 7. The fourth-order valence-electron chi connectivity index (χ4n) is 9.95. The summed E-state index contributed by atoms with van der Waals surface area (Å²) in [7, 11) is 1.43. The third-order valence-corrected chi connectivity index (χ3v) is 13.6. The summed E-state index contributed by atoms with van der Waals surface area (Å²) in [5.41, 5.74) is 5.89. The highest BCUT2D eigenvalue weighted by atomic mass is 127. The van der Waals surface area contributed by atoms with Gasteiger partial charge in [0.05, 0.1) is 45.2 Å². The summed E-state index contributed by atoms with van der Waals surface area (Å²) in [6.07, 6.45) is 2.23. The van der Waals surface area contributed by atoms with E-state index in [1.54, 1.807) is 60.7 Å². The average Bonchev–Trinajstić information content (AvgIpc) is 3.87. The number of hydrogen-bond donors (Lipinski definition) is 2. The summed E-state index contributed by atoms with van der Waals surface area (Å²) < 4.78 is 26.0. The number of para-hydroxylation sites is 2. The smallest absolute Gasteiger partial charge is 0.260 e. The van der Waals surface area contributed by atoms with Crippen molar-refractivity contribution in [3.63, 3.8) is 0 Å². The number of phenols is 1. The SMILES string of the molecule is COc1cc(C2C3=CCC4C(=O)N(c5ccc(-c6nc7ccccc7o6)cc5)C(=O)C4C3CC3C(=O)N(Nc4ccc(F)cc4)C(=O)C32c2ccc(Cl)cc2)cc(I)c1O. The number of phenolic OH excluding ortho intramolecular Hbond substituents is 1. The number of carbonyl (C=O) groups is 4. The van der Waals surface area contributed by atoms with Crippen molar-refractivity contribution in [3.8, 4) is 23.0 Å². The van der Waals surface area contributed by atoms with Crippen molar-refractivity contribution < 1.29 is 37.8 Å². The number of ether oxygens (including phenoxy) is 1. The van der Waals surface area contributed by atoms with Gasteiger partial charge >= 0.3 is 0 Å². The minimum atomic E-state index is -1.60. The number of amides is 4. The number of oxazole rings is 1. The molecule has 300 valence electrons. The van der Waals surface area contributed by atoms with Crippen molar-refractivity contribution in [2.24, 2.45) is 23.7 Å². The Morgan fingerprint density at radius 2 is 1.65 bits per heavy atom. The molecule has 10 rings (SSSR count). The maximum Gasteiger partial charge on any atom is 0.260 e. The van der Waals surface area contributed by atoms with Gasteiger partial charge in [0.2, 0.25) is 17.7 Å². The van der Waals surface area contributed by atoms with Crippen LogP contribution in [0.2, 0.25) is 5.02 Å². The summed E-state index contributed by atoms with van der Waals surface area (Å²) >= 11 is 8.41. The zero-order valence-corrected chi connectivity index (χ0v) is 34.6. The van der Waals surface area contributed by atoms with Crippen LogP contribution in [0, 0.1) is 33.1 Å². The second kappa shape index (κ2) is 14.3. The highest BCUT2D eigenvalue weighted by molar-refractivity contribution is 14.1. The van der Waals surface area contributed by atoms with Crippen molar-refractivity contribution in [2.45, 2.75) is 24.2 Å². The molecule has 14 heteroatoms. The third kappa shape index (κ3) is 5.69. The normalized spacial score (nSPS) is 24.7. The summed E-state index contributed by atoms with van der Waals surface area (Å²) in [6.45, 7) is 0. The van der Waals surface area contributed by atoms with E-state index in [2.05, 4.69) is 10.4 Å². The van der Waals surface area contributed by atoms with Crippen LogP contribution in [0.5, 0.6) is 11.5 Å². The maximum atomic E-state index is 15.4. The lowest BCUT2D eigenvalue weighted by molar-refractivity contribution is -0.138. The summed E-state index contributed by atoms with van der Waals surface area (Å²) in [5, 5.41) is 12.4. The lowest BCUT2D eigenvalue weighted by atomic mass is 9.49. The number of methoxy groups -OCH3 is 1. The van der Waals surface area contributed by atoms with E-state index in [-0.39, 0.29) is 30.2 Å². The Balaban J connectivity index is 1.10. The van der Waals surface area contributed by atoms with E-state index in [0.717, 1.165) is 10.6 Å². The molecule has 2 aliphatic carbocycles. The molecule has 3 fully saturated rings. The minimum Gasteiger partial charge on any atom is -0.504 e. The van der Waals surface area contributed by atoms with Crippen LogP contribution in [0.4, 0.5) is 15.8 Å². The van der Waals surface area contributed by atoms with Crippen molar-refractivity contribution in [1.82, 2.24) is 9.99 Å². The number of nitrogens with zero attached hydrogens (tertiary/aromatic N) is 3. The first-order valence-electron chi connectivity index (χ1n) is 19.3. The second-order valence-electron chi connectivity index (χ2n) is 15.5. The van der Waals surface area contributed by atoms with Crippen LogP contribution in [-0.4, -0.2) is 45.8 Å². The van der Waals surface area contributed by atoms with Gasteiger partial charge in [-0.15, -0.1) is 0 Å². The highest BCUT2D eigenvalue weighted by Gasteiger charge is 2.70. The number of hydrazine groups is 1.